The SMILES string of the molecule is COCC(C)NC(=O)CN1c2cccc3cccc(c23)S1(=O)=O. The van der Waals surface area contributed by atoms with E-state index in [9.17, 15) is 13.2 Å². The van der Waals surface area contributed by atoms with Crippen molar-refractivity contribution in [3.8, 4) is 0 Å². The minimum atomic E-state index is -3.70. The maximum absolute atomic E-state index is 12.7. The molecule has 3 rings (SSSR count). The first kappa shape index (κ1) is 15.8. The van der Waals surface area contributed by atoms with Crippen molar-refractivity contribution in [2.75, 3.05) is 24.6 Å². The van der Waals surface area contributed by atoms with E-state index in [1.807, 2.05) is 12.1 Å². The van der Waals surface area contributed by atoms with Crippen LogP contribution in [0.1, 0.15) is 6.92 Å². The van der Waals surface area contributed by atoms with Gasteiger partial charge in [-0.2, -0.15) is 0 Å². The third-order valence-corrected chi connectivity index (χ3v) is 5.59. The van der Waals surface area contributed by atoms with Crippen LogP contribution in [0.2, 0.25) is 0 Å². The van der Waals surface area contributed by atoms with Crippen molar-refractivity contribution in [3.63, 3.8) is 0 Å². The van der Waals surface area contributed by atoms with E-state index < -0.39 is 10.0 Å². The molecule has 122 valence electrons. The molecule has 0 spiro atoms. The highest BCUT2D eigenvalue weighted by atomic mass is 32.2. The number of amides is 1. The number of carbonyl (C=O) groups excluding carboxylic acids is 1. The van der Waals surface area contributed by atoms with Crippen LogP contribution in [0, 0.1) is 0 Å². The number of nitrogens with zero attached hydrogens (tertiary/aromatic N) is 1. The molecular weight excluding hydrogens is 316 g/mol. The Hall–Kier alpha value is -2.12. The van der Waals surface area contributed by atoms with Gasteiger partial charge in [0, 0.05) is 18.5 Å². The van der Waals surface area contributed by atoms with E-state index in [0.29, 0.717) is 17.7 Å². The third-order valence-electron chi connectivity index (χ3n) is 3.79. The Bertz CT molecular complexity index is 858. The van der Waals surface area contributed by atoms with Gasteiger partial charge in [-0.1, -0.05) is 24.3 Å². The Kier molecular flexibility index (Phi) is 3.99. The summed E-state index contributed by atoms with van der Waals surface area (Å²) >= 11 is 0. The van der Waals surface area contributed by atoms with Crippen LogP contribution in [0.4, 0.5) is 5.69 Å². The number of sulfonamides is 1. The summed E-state index contributed by atoms with van der Waals surface area (Å²) in [6.45, 7) is 1.92. The summed E-state index contributed by atoms with van der Waals surface area (Å²) in [6.07, 6.45) is 0. The van der Waals surface area contributed by atoms with Crippen molar-refractivity contribution in [3.05, 3.63) is 36.4 Å². The number of ether oxygens (including phenoxy) is 1. The lowest BCUT2D eigenvalue weighted by molar-refractivity contribution is -0.120. The van der Waals surface area contributed by atoms with Crippen LogP contribution < -0.4 is 9.62 Å². The van der Waals surface area contributed by atoms with Crippen LogP contribution in [-0.2, 0) is 19.6 Å². The second-order valence-electron chi connectivity index (χ2n) is 5.57. The van der Waals surface area contributed by atoms with Crippen LogP contribution in [0.25, 0.3) is 10.8 Å². The first-order chi connectivity index (χ1) is 10.9. The van der Waals surface area contributed by atoms with E-state index in [2.05, 4.69) is 5.32 Å². The van der Waals surface area contributed by atoms with E-state index in [1.54, 1.807) is 38.3 Å². The maximum atomic E-state index is 12.7. The quantitative estimate of drug-likeness (QED) is 0.899. The Morgan fingerprint density at radius 2 is 1.96 bits per heavy atom. The van der Waals surface area contributed by atoms with Gasteiger partial charge < -0.3 is 10.1 Å². The second kappa shape index (κ2) is 5.82. The molecule has 0 radical (unpaired) electrons. The van der Waals surface area contributed by atoms with Crippen molar-refractivity contribution in [1.82, 2.24) is 5.32 Å². The van der Waals surface area contributed by atoms with Gasteiger partial charge in [0.15, 0.2) is 0 Å². The van der Waals surface area contributed by atoms with E-state index in [4.69, 9.17) is 4.74 Å². The molecule has 1 atom stereocenters. The number of nitrogens with one attached hydrogen (secondary N) is 1. The average Bonchev–Trinajstić information content (AvgIpc) is 2.71. The molecule has 1 heterocycles. The standard InChI is InChI=1S/C16H18N2O4S/c1-11(10-22-2)17-15(19)9-18-13-7-3-5-12-6-4-8-14(16(12)13)23(18,20)21/h3-8,11H,9-10H2,1-2H3,(H,17,19). The summed E-state index contributed by atoms with van der Waals surface area (Å²) in [5.74, 6) is -0.358. The van der Waals surface area contributed by atoms with E-state index in [-0.39, 0.29) is 23.4 Å². The van der Waals surface area contributed by atoms with Gasteiger partial charge in [-0.15, -0.1) is 0 Å². The van der Waals surface area contributed by atoms with Gasteiger partial charge in [0.25, 0.3) is 10.0 Å². The Morgan fingerprint density at radius 3 is 2.65 bits per heavy atom. The van der Waals surface area contributed by atoms with Crippen molar-refractivity contribution in [2.45, 2.75) is 17.9 Å². The fourth-order valence-electron chi connectivity index (χ4n) is 2.87. The smallest absolute Gasteiger partial charge is 0.265 e. The fourth-order valence-corrected chi connectivity index (χ4v) is 4.54. The summed E-state index contributed by atoms with van der Waals surface area (Å²) in [5.41, 5.74) is 0.549. The van der Waals surface area contributed by atoms with Crippen LogP contribution in [0.15, 0.2) is 41.3 Å². The lowest BCUT2D eigenvalue weighted by Crippen LogP contribution is -2.43. The summed E-state index contributed by atoms with van der Waals surface area (Å²) in [7, 11) is -2.15. The molecule has 2 aromatic rings. The highest BCUT2D eigenvalue weighted by Crippen LogP contribution is 2.41. The van der Waals surface area contributed by atoms with Gasteiger partial charge in [0.2, 0.25) is 5.91 Å². The van der Waals surface area contributed by atoms with Crippen molar-refractivity contribution in [2.24, 2.45) is 0 Å². The summed E-state index contributed by atoms with van der Waals surface area (Å²) in [4.78, 5) is 12.4. The van der Waals surface area contributed by atoms with E-state index in [0.717, 1.165) is 5.39 Å². The molecule has 1 N–H and O–H groups in total. The summed E-state index contributed by atoms with van der Waals surface area (Å²) in [5, 5.41) is 4.25. The first-order valence-electron chi connectivity index (χ1n) is 7.28. The molecule has 23 heavy (non-hydrogen) atoms. The zero-order chi connectivity index (χ0) is 16.6. The predicted octanol–water partition coefficient (Wildman–Crippen LogP) is 1.50. The average molecular weight is 334 g/mol. The first-order valence-corrected chi connectivity index (χ1v) is 8.72. The molecule has 1 unspecified atom stereocenters. The zero-order valence-electron chi connectivity index (χ0n) is 12.9. The van der Waals surface area contributed by atoms with Crippen LogP contribution in [-0.4, -0.2) is 40.6 Å². The van der Waals surface area contributed by atoms with Crippen molar-refractivity contribution >= 4 is 32.4 Å². The van der Waals surface area contributed by atoms with Gasteiger partial charge in [-0.3, -0.25) is 9.10 Å². The highest BCUT2D eigenvalue weighted by molar-refractivity contribution is 7.93. The lowest BCUT2D eigenvalue weighted by atomic mass is 10.1. The third kappa shape index (κ3) is 2.66. The molecule has 1 aliphatic heterocycles. The minimum absolute atomic E-state index is 0.184. The number of rotatable bonds is 5. The number of hydrogen-bond acceptors (Lipinski definition) is 4. The molecule has 1 aliphatic rings. The van der Waals surface area contributed by atoms with Crippen LogP contribution in [0.5, 0.6) is 0 Å². The normalized spacial score (nSPS) is 16.5. The van der Waals surface area contributed by atoms with Gasteiger partial charge in [-0.25, -0.2) is 8.42 Å². The summed E-state index contributed by atoms with van der Waals surface area (Å²) < 4.78 is 31.6. The number of methoxy groups -OCH3 is 1. The van der Waals surface area contributed by atoms with Gasteiger partial charge in [0.05, 0.1) is 17.2 Å². The number of anilines is 1. The molecule has 7 heteroatoms. The maximum Gasteiger partial charge on any atom is 0.265 e. The van der Waals surface area contributed by atoms with E-state index in [1.165, 1.54) is 4.31 Å². The molecule has 0 aliphatic carbocycles. The molecule has 0 fully saturated rings. The molecule has 0 saturated heterocycles. The number of hydrogen-bond donors (Lipinski definition) is 1. The molecule has 6 nitrogen and oxygen atoms in total. The van der Waals surface area contributed by atoms with Crippen LogP contribution in [0.3, 0.4) is 0 Å². The zero-order valence-corrected chi connectivity index (χ0v) is 13.8. The van der Waals surface area contributed by atoms with E-state index >= 15 is 0 Å². The Morgan fingerprint density at radius 1 is 1.26 bits per heavy atom. The monoisotopic (exact) mass is 334 g/mol. The number of carbonyl (C=O) groups is 1. The van der Waals surface area contributed by atoms with Gasteiger partial charge in [-0.05, 0) is 24.4 Å². The molecule has 0 aromatic heterocycles. The highest BCUT2D eigenvalue weighted by Gasteiger charge is 2.36. The van der Waals surface area contributed by atoms with Gasteiger partial charge in [0.1, 0.15) is 6.54 Å². The largest absolute Gasteiger partial charge is 0.383 e. The molecule has 0 saturated carbocycles. The van der Waals surface area contributed by atoms with Crippen molar-refractivity contribution in [1.29, 1.82) is 0 Å². The Labute approximate surface area is 135 Å². The molecule has 2 aromatic carbocycles. The lowest BCUT2D eigenvalue weighted by Gasteiger charge is -2.20. The molecule has 1 amide bonds. The second-order valence-corrected chi connectivity index (χ2v) is 7.40. The number of benzene rings is 2. The van der Waals surface area contributed by atoms with Crippen molar-refractivity contribution < 1.29 is 17.9 Å². The Balaban J connectivity index is 1.93. The summed E-state index contributed by atoms with van der Waals surface area (Å²) in [6, 6.07) is 10.3. The predicted molar refractivity (Wildman–Crippen MR) is 88.0 cm³/mol. The van der Waals surface area contributed by atoms with Gasteiger partial charge >= 0.3 is 0 Å². The topological polar surface area (TPSA) is 75.7 Å². The minimum Gasteiger partial charge on any atom is -0.383 e. The molecule has 0 bridgehead atoms. The fraction of sp³-hybridized carbons (Fsp3) is 0.312. The molecular formula is C16H18N2O4S. The van der Waals surface area contributed by atoms with Crippen LogP contribution >= 0.6 is 0 Å².